The molecule has 0 spiro atoms. The SMILES string of the molecule is CC(C)C(=O)N1CC[C@H]2[C@H](CCC(=O)N2CCCn2ccnc2)C1. The Labute approximate surface area is 143 Å². The van der Waals surface area contributed by atoms with Crippen molar-refractivity contribution in [2.24, 2.45) is 11.8 Å². The highest BCUT2D eigenvalue weighted by Crippen LogP contribution is 2.32. The van der Waals surface area contributed by atoms with Gasteiger partial charge >= 0.3 is 0 Å². The van der Waals surface area contributed by atoms with Gasteiger partial charge < -0.3 is 14.4 Å². The van der Waals surface area contributed by atoms with E-state index in [1.165, 1.54) is 0 Å². The first-order chi connectivity index (χ1) is 11.6. The summed E-state index contributed by atoms with van der Waals surface area (Å²) in [5.74, 6) is 1.02. The Hall–Kier alpha value is -1.85. The molecule has 1 aromatic rings. The van der Waals surface area contributed by atoms with E-state index in [-0.39, 0.29) is 17.7 Å². The predicted octanol–water partition coefficient (Wildman–Crippen LogP) is 1.77. The van der Waals surface area contributed by atoms with Crippen LogP contribution in [-0.2, 0) is 16.1 Å². The Morgan fingerprint density at radius 1 is 1.33 bits per heavy atom. The first-order valence-corrected chi connectivity index (χ1v) is 9.10. The van der Waals surface area contributed by atoms with Crippen LogP contribution in [0.2, 0.25) is 0 Å². The number of fused-ring (bicyclic) bond motifs is 1. The molecule has 0 saturated carbocycles. The van der Waals surface area contributed by atoms with Crippen molar-refractivity contribution in [2.75, 3.05) is 19.6 Å². The van der Waals surface area contributed by atoms with Gasteiger partial charge in [-0.3, -0.25) is 9.59 Å². The molecule has 0 aromatic carbocycles. The number of nitrogens with zero attached hydrogens (tertiary/aromatic N) is 4. The summed E-state index contributed by atoms with van der Waals surface area (Å²) in [7, 11) is 0. The second-order valence-corrected chi connectivity index (χ2v) is 7.33. The lowest BCUT2D eigenvalue weighted by molar-refractivity contribution is -0.145. The van der Waals surface area contributed by atoms with Crippen molar-refractivity contribution in [1.29, 1.82) is 0 Å². The Balaban J connectivity index is 1.57. The van der Waals surface area contributed by atoms with Crippen molar-refractivity contribution >= 4 is 11.8 Å². The number of hydrogen-bond donors (Lipinski definition) is 0. The van der Waals surface area contributed by atoms with Crippen molar-refractivity contribution in [3.8, 4) is 0 Å². The molecule has 2 fully saturated rings. The van der Waals surface area contributed by atoms with Gasteiger partial charge in [0.05, 0.1) is 6.33 Å². The zero-order chi connectivity index (χ0) is 17.1. The van der Waals surface area contributed by atoms with E-state index in [4.69, 9.17) is 0 Å². The van der Waals surface area contributed by atoms with Gasteiger partial charge in [0.25, 0.3) is 0 Å². The summed E-state index contributed by atoms with van der Waals surface area (Å²) >= 11 is 0. The highest BCUT2D eigenvalue weighted by molar-refractivity contribution is 5.79. The second kappa shape index (κ2) is 7.36. The highest BCUT2D eigenvalue weighted by Gasteiger charge is 2.40. The molecule has 2 atom stereocenters. The van der Waals surface area contributed by atoms with Gasteiger partial charge in [-0.1, -0.05) is 13.8 Å². The molecule has 0 radical (unpaired) electrons. The third-order valence-electron chi connectivity index (χ3n) is 5.32. The third-order valence-corrected chi connectivity index (χ3v) is 5.32. The van der Waals surface area contributed by atoms with Crippen LogP contribution >= 0.6 is 0 Å². The molecule has 6 heteroatoms. The number of piperidine rings is 2. The summed E-state index contributed by atoms with van der Waals surface area (Å²) in [5.41, 5.74) is 0. The molecule has 3 heterocycles. The lowest BCUT2D eigenvalue weighted by Crippen LogP contribution is -2.57. The van der Waals surface area contributed by atoms with Crippen LogP contribution in [0.5, 0.6) is 0 Å². The van der Waals surface area contributed by atoms with E-state index in [0.29, 0.717) is 18.4 Å². The van der Waals surface area contributed by atoms with Gasteiger partial charge in [-0.2, -0.15) is 0 Å². The molecule has 2 aliphatic rings. The van der Waals surface area contributed by atoms with Crippen LogP contribution in [0.4, 0.5) is 0 Å². The monoisotopic (exact) mass is 332 g/mol. The van der Waals surface area contributed by atoms with Gasteiger partial charge in [-0.05, 0) is 25.2 Å². The van der Waals surface area contributed by atoms with Crippen LogP contribution in [-0.4, -0.2) is 56.8 Å². The van der Waals surface area contributed by atoms with Crippen molar-refractivity contribution in [3.05, 3.63) is 18.7 Å². The number of imidazole rings is 1. The molecule has 0 aliphatic carbocycles. The number of amides is 2. The van der Waals surface area contributed by atoms with Gasteiger partial charge in [0.1, 0.15) is 0 Å². The molecular formula is C18H28N4O2. The Morgan fingerprint density at radius 2 is 2.17 bits per heavy atom. The van der Waals surface area contributed by atoms with Gasteiger partial charge in [0.2, 0.25) is 11.8 Å². The fourth-order valence-corrected chi connectivity index (χ4v) is 4.05. The maximum atomic E-state index is 12.4. The van der Waals surface area contributed by atoms with Crippen molar-refractivity contribution in [2.45, 2.75) is 52.1 Å². The van der Waals surface area contributed by atoms with Gasteiger partial charge in [-0.25, -0.2) is 4.98 Å². The first kappa shape index (κ1) is 17.0. The Bertz CT molecular complexity index is 570. The number of carbonyl (C=O) groups is 2. The molecule has 3 rings (SSSR count). The second-order valence-electron chi connectivity index (χ2n) is 7.33. The predicted molar refractivity (Wildman–Crippen MR) is 91.1 cm³/mol. The first-order valence-electron chi connectivity index (χ1n) is 9.10. The quantitative estimate of drug-likeness (QED) is 0.826. The fourth-order valence-electron chi connectivity index (χ4n) is 4.05. The Morgan fingerprint density at radius 3 is 2.88 bits per heavy atom. The number of hydrogen-bond acceptors (Lipinski definition) is 3. The smallest absolute Gasteiger partial charge is 0.225 e. The van der Waals surface area contributed by atoms with E-state index >= 15 is 0 Å². The average Bonchev–Trinajstić information content (AvgIpc) is 3.09. The van der Waals surface area contributed by atoms with E-state index < -0.39 is 0 Å². The summed E-state index contributed by atoms with van der Waals surface area (Å²) in [6, 6.07) is 0.310. The van der Waals surface area contributed by atoms with E-state index in [0.717, 1.165) is 45.4 Å². The molecular weight excluding hydrogens is 304 g/mol. The van der Waals surface area contributed by atoms with Crippen molar-refractivity contribution < 1.29 is 9.59 Å². The zero-order valence-corrected chi connectivity index (χ0v) is 14.7. The number of carbonyl (C=O) groups excluding carboxylic acids is 2. The normalized spacial score (nSPS) is 24.4. The summed E-state index contributed by atoms with van der Waals surface area (Å²) in [6.07, 6.45) is 8.95. The molecule has 0 unspecified atom stereocenters. The summed E-state index contributed by atoms with van der Waals surface area (Å²) in [5, 5.41) is 0. The van der Waals surface area contributed by atoms with E-state index in [1.807, 2.05) is 31.3 Å². The summed E-state index contributed by atoms with van der Waals surface area (Å²) in [6.45, 7) is 7.20. The molecule has 2 amide bonds. The molecule has 6 nitrogen and oxygen atoms in total. The topological polar surface area (TPSA) is 58.4 Å². The summed E-state index contributed by atoms with van der Waals surface area (Å²) < 4.78 is 2.05. The third kappa shape index (κ3) is 3.62. The minimum atomic E-state index is 0.0538. The average molecular weight is 332 g/mol. The maximum absolute atomic E-state index is 12.4. The van der Waals surface area contributed by atoms with Crippen LogP contribution in [0.25, 0.3) is 0 Å². The number of rotatable bonds is 5. The van der Waals surface area contributed by atoms with Crippen LogP contribution in [0.3, 0.4) is 0 Å². The molecule has 1 aromatic heterocycles. The lowest BCUT2D eigenvalue weighted by atomic mass is 9.83. The van der Waals surface area contributed by atoms with E-state index in [2.05, 4.69) is 14.5 Å². The molecule has 2 aliphatic heterocycles. The van der Waals surface area contributed by atoms with E-state index in [9.17, 15) is 9.59 Å². The van der Waals surface area contributed by atoms with Crippen molar-refractivity contribution in [3.63, 3.8) is 0 Å². The molecule has 0 bridgehead atoms. The van der Waals surface area contributed by atoms with Crippen molar-refractivity contribution in [1.82, 2.24) is 19.4 Å². The van der Waals surface area contributed by atoms with Crippen LogP contribution in [0.1, 0.15) is 39.5 Å². The van der Waals surface area contributed by atoms with Crippen LogP contribution < -0.4 is 0 Å². The lowest BCUT2D eigenvalue weighted by Gasteiger charge is -2.47. The molecule has 2 saturated heterocycles. The number of likely N-dealkylation sites (tertiary alicyclic amines) is 2. The highest BCUT2D eigenvalue weighted by atomic mass is 16.2. The van der Waals surface area contributed by atoms with Crippen LogP contribution in [0, 0.1) is 11.8 Å². The summed E-state index contributed by atoms with van der Waals surface area (Å²) in [4.78, 5) is 32.8. The molecule has 132 valence electrons. The van der Waals surface area contributed by atoms with E-state index in [1.54, 1.807) is 6.20 Å². The van der Waals surface area contributed by atoms with Crippen LogP contribution in [0.15, 0.2) is 18.7 Å². The number of aromatic nitrogens is 2. The largest absolute Gasteiger partial charge is 0.342 e. The number of aryl methyl sites for hydroxylation is 1. The maximum Gasteiger partial charge on any atom is 0.225 e. The Kier molecular flexibility index (Phi) is 5.21. The van der Waals surface area contributed by atoms with Gasteiger partial charge in [0, 0.05) is 57.0 Å². The molecule has 0 N–H and O–H groups in total. The zero-order valence-electron chi connectivity index (χ0n) is 14.7. The van der Waals surface area contributed by atoms with Gasteiger partial charge in [-0.15, -0.1) is 0 Å². The minimum Gasteiger partial charge on any atom is -0.342 e. The minimum absolute atomic E-state index is 0.0538. The standard InChI is InChI=1S/C18H28N4O2/c1-14(2)18(24)21-10-6-16-15(12-21)4-5-17(23)22(16)9-3-8-20-11-7-19-13-20/h7,11,13-16H,3-6,8-10,12H2,1-2H3/t15-,16+/m1/s1. The van der Waals surface area contributed by atoms with Gasteiger partial charge in [0.15, 0.2) is 0 Å². The molecule has 24 heavy (non-hydrogen) atoms. The fraction of sp³-hybridized carbons (Fsp3) is 0.722.